The lowest BCUT2D eigenvalue weighted by Crippen LogP contribution is -2.49. The van der Waals surface area contributed by atoms with Gasteiger partial charge in [0.1, 0.15) is 5.82 Å². The average molecular weight is 275 g/mol. The first-order valence-electron chi connectivity index (χ1n) is 6.71. The van der Waals surface area contributed by atoms with E-state index >= 15 is 0 Å². The molecule has 0 radical (unpaired) electrons. The fourth-order valence-electron chi connectivity index (χ4n) is 1.86. The van der Waals surface area contributed by atoms with Crippen LogP contribution in [0.25, 0.3) is 5.65 Å². The smallest absolute Gasteiger partial charge is 0.237 e. The van der Waals surface area contributed by atoms with Crippen LogP contribution < -0.4 is 11.1 Å². The van der Waals surface area contributed by atoms with Crippen molar-refractivity contribution in [1.82, 2.24) is 19.9 Å². The van der Waals surface area contributed by atoms with Crippen LogP contribution in [0.5, 0.6) is 0 Å². The summed E-state index contributed by atoms with van der Waals surface area (Å²) in [5, 5.41) is 11.0. The van der Waals surface area contributed by atoms with Gasteiger partial charge in [0.2, 0.25) is 5.91 Å². The molecule has 2 aromatic rings. The molecule has 6 heteroatoms. The molecule has 2 heterocycles. The van der Waals surface area contributed by atoms with Gasteiger partial charge < -0.3 is 11.1 Å². The van der Waals surface area contributed by atoms with E-state index in [1.165, 1.54) is 0 Å². The predicted molar refractivity (Wildman–Crippen MR) is 77.1 cm³/mol. The summed E-state index contributed by atoms with van der Waals surface area (Å²) in [5.41, 5.74) is 6.46. The van der Waals surface area contributed by atoms with Crippen LogP contribution in [0.3, 0.4) is 0 Å². The van der Waals surface area contributed by atoms with Crippen LogP contribution in [-0.4, -0.2) is 33.1 Å². The Morgan fingerprint density at radius 1 is 1.40 bits per heavy atom. The first-order valence-corrected chi connectivity index (χ1v) is 6.71. The maximum Gasteiger partial charge on any atom is 0.237 e. The molecule has 2 aromatic heterocycles. The van der Waals surface area contributed by atoms with Gasteiger partial charge in [0.15, 0.2) is 5.65 Å². The minimum atomic E-state index is -0.516. The van der Waals surface area contributed by atoms with Crippen molar-refractivity contribution in [3.8, 4) is 0 Å². The molecule has 0 aliphatic carbocycles. The highest BCUT2D eigenvalue weighted by molar-refractivity contribution is 5.82. The van der Waals surface area contributed by atoms with Crippen molar-refractivity contribution in [1.29, 1.82) is 0 Å². The Hall–Kier alpha value is -1.95. The molecular formula is C14H21N5O. The van der Waals surface area contributed by atoms with Gasteiger partial charge in [-0.05, 0) is 17.5 Å². The van der Waals surface area contributed by atoms with Gasteiger partial charge in [0.25, 0.3) is 0 Å². The van der Waals surface area contributed by atoms with Gasteiger partial charge in [-0.2, -0.15) is 0 Å². The van der Waals surface area contributed by atoms with Crippen molar-refractivity contribution in [3.63, 3.8) is 0 Å². The summed E-state index contributed by atoms with van der Waals surface area (Å²) in [6.07, 6.45) is 2.53. The molecule has 2 rings (SSSR count). The largest absolute Gasteiger partial charge is 0.354 e. The summed E-state index contributed by atoms with van der Waals surface area (Å²) in [7, 11) is 0. The zero-order chi connectivity index (χ0) is 14.8. The van der Waals surface area contributed by atoms with Gasteiger partial charge in [0.05, 0.1) is 6.04 Å². The van der Waals surface area contributed by atoms with Crippen molar-refractivity contribution < 1.29 is 4.79 Å². The van der Waals surface area contributed by atoms with Gasteiger partial charge in [0, 0.05) is 19.2 Å². The van der Waals surface area contributed by atoms with Gasteiger partial charge in [-0.3, -0.25) is 9.20 Å². The number of pyridine rings is 1. The number of nitrogens with one attached hydrogen (secondary N) is 1. The lowest BCUT2D eigenvalue weighted by molar-refractivity contribution is -0.124. The number of amides is 1. The van der Waals surface area contributed by atoms with Gasteiger partial charge in [-0.1, -0.05) is 26.8 Å². The van der Waals surface area contributed by atoms with Crippen molar-refractivity contribution in [2.24, 2.45) is 11.1 Å². The van der Waals surface area contributed by atoms with Crippen molar-refractivity contribution >= 4 is 11.6 Å². The molecule has 1 atom stereocenters. The quantitative estimate of drug-likeness (QED) is 0.862. The van der Waals surface area contributed by atoms with E-state index in [0.717, 1.165) is 11.5 Å². The minimum absolute atomic E-state index is 0.133. The molecule has 0 spiro atoms. The van der Waals surface area contributed by atoms with Crippen molar-refractivity contribution in [2.45, 2.75) is 33.2 Å². The van der Waals surface area contributed by atoms with E-state index in [-0.39, 0.29) is 11.3 Å². The van der Waals surface area contributed by atoms with E-state index in [4.69, 9.17) is 5.73 Å². The summed E-state index contributed by atoms with van der Waals surface area (Å²) < 4.78 is 1.91. The topological polar surface area (TPSA) is 85.3 Å². The molecule has 108 valence electrons. The second-order valence-corrected chi connectivity index (χ2v) is 5.93. The van der Waals surface area contributed by atoms with Gasteiger partial charge >= 0.3 is 0 Å². The van der Waals surface area contributed by atoms with Crippen LogP contribution in [-0.2, 0) is 11.2 Å². The molecule has 0 fully saturated rings. The van der Waals surface area contributed by atoms with E-state index < -0.39 is 6.04 Å². The molecule has 6 nitrogen and oxygen atoms in total. The fourth-order valence-corrected chi connectivity index (χ4v) is 1.86. The molecule has 0 aromatic carbocycles. The lowest BCUT2D eigenvalue weighted by Gasteiger charge is -2.25. The molecule has 0 aliphatic rings. The van der Waals surface area contributed by atoms with E-state index in [9.17, 15) is 4.79 Å². The van der Waals surface area contributed by atoms with Crippen LogP contribution in [0.1, 0.15) is 26.6 Å². The molecule has 0 aliphatic heterocycles. The molecule has 1 amide bonds. The second kappa shape index (κ2) is 5.58. The normalized spacial score (nSPS) is 13.4. The van der Waals surface area contributed by atoms with Gasteiger partial charge in [-0.15, -0.1) is 10.2 Å². The molecule has 0 saturated carbocycles. The third-order valence-electron chi connectivity index (χ3n) is 3.25. The number of carbonyl (C=O) groups is 1. The number of carbonyl (C=O) groups excluding carboxylic acids is 1. The Bertz CT molecular complexity index is 599. The first kappa shape index (κ1) is 14.5. The summed E-state index contributed by atoms with van der Waals surface area (Å²) in [5.74, 6) is 0.691. The SMILES string of the molecule is CC(C)(C)[C@@H](N)C(=O)NCCc1nnc2ccccn12. The average Bonchev–Trinajstić information content (AvgIpc) is 2.80. The zero-order valence-corrected chi connectivity index (χ0v) is 12.1. The van der Waals surface area contributed by atoms with Crippen LogP contribution in [0.2, 0.25) is 0 Å². The maximum atomic E-state index is 11.9. The Morgan fingerprint density at radius 3 is 2.85 bits per heavy atom. The molecular weight excluding hydrogens is 254 g/mol. The second-order valence-electron chi connectivity index (χ2n) is 5.93. The Labute approximate surface area is 118 Å². The minimum Gasteiger partial charge on any atom is -0.354 e. The monoisotopic (exact) mass is 275 g/mol. The molecule has 0 saturated heterocycles. The fraction of sp³-hybridized carbons (Fsp3) is 0.500. The highest BCUT2D eigenvalue weighted by Crippen LogP contribution is 2.17. The number of nitrogens with zero attached hydrogens (tertiary/aromatic N) is 3. The maximum absolute atomic E-state index is 11.9. The number of hydrogen-bond acceptors (Lipinski definition) is 4. The number of nitrogens with two attached hydrogens (primary N) is 1. The van der Waals surface area contributed by atoms with E-state index in [2.05, 4.69) is 15.5 Å². The predicted octanol–water partition coefficient (Wildman–Crippen LogP) is 0.761. The van der Waals surface area contributed by atoms with Crippen LogP contribution >= 0.6 is 0 Å². The number of hydrogen-bond donors (Lipinski definition) is 2. The molecule has 20 heavy (non-hydrogen) atoms. The summed E-state index contributed by atoms with van der Waals surface area (Å²) in [4.78, 5) is 11.9. The third-order valence-corrected chi connectivity index (χ3v) is 3.25. The number of fused-ring (bicyclic) bond motifs is 1. The Balaban J connectivity index is 1.92. The highest BCUT2D eigenvalue weighted by atomic mass is 16.2. The van der Waals surface area contributed by atoms with E-state index in [1.807, 2.05) is 49.6 Å². The summed E-state index contributed by atoms with van der Waals surface area (Å²) in [6.45, 7) is 6.34. The van der Waals surface area contributed by atoms with E-state index in [1.54, 1.807) is 0 Å². The molecule has 0 bridgehead atoms. The Kier molecular flexibility index (Phi) is 4.04. The lowest BCUT2D eigenvalue weighted by atomic mass is 9.87. The van der Waals surface area contributed by atoms with Crippen LogP contribution in [0, 0.1) is 5.41 Å². The van der Waals surface area contributed by atoms with E-state index in [0.29, 0.717) is 13.0 Å². The van der Waals surface area contributed by atoms with Gasteiger partial charge in [-0.25, -0.2) is 0 Å². The van der Waals surface area contributed by atoms with Crippen molar-refractivity contribution in [2.75, 3.05) is 6.54 Å². The molecule has 0 unspecified atom stereocenters. The molecule has 3 N–H and O–H groups in total. The van der Waals surface area contributed by atoms with Crippen LogP contribution in [0.15, 0.2) is 24.4 Å². The first-order chi connectivity index (χ1) is 9.39. The summed E-state index contributed by atoms with van der Waals surface area (Å²) in [6, 6.07) is 5.22. The number of rotatable bonds is 4. The standard InChI is InChI=1S/C14H21N5O/c1-14(2,3)12(15)13(20)16-8-7-11-18-17-10-6-4-5-9-19(10)11/h4-6,9,12H,7-8,15H2,1-3H3,(H,16,20)/t12-/m0/s1. The van der Waals surface area contributed by atoms with Crippen molar-refractivity contribution in [3.05, 3.63) is 30.2 Å². The third kappa shape index (κ3) is 3.14. The number of aromatic nitrogens is 3. The summed E-state index contributed by atoms with van der Waals surface area (Å²) >= 11 is 0. The van der Waals surface area contributed by atoms with Crippen LogP contribution in [0.4, 0.5) is 0 Å². The zero-order valence-electron chi connectivity index (χ0n) is 12.1. The Morgan fingerprint density at radius 2 is 2.15 bits per heavy atom. The highest BCUT2D eigenvalue weighted by Gasteiger charge is 2.27.